The molecule has 0 N–H and O–H groups in total. The third-order valence-corrected chi connectivity index (χ3v) is 4.98. The average Bonchev–Trinajstić information content (AvgIpc) is 2.86. The van der Waals surface area contributed by atoms with Gasteiger partial charge in [0.15, 0.2) is 0 Å². The lowest BCUT2D eigenvalue weighted by atomic mass is 10.0. The SMILES string of the molecule is CCN1CCN(C2=C(c3ccc(Cl)cc3)C(=O)N(CC)C2=O)CC1. The molecule has 1 saturated heterocycles. The first-order chi connectivity index (χ1) is 11.6. The molecule has 0 aliphatic carbocycles. The van der Waals surface area contributed by atoms with E-state index in [1.54, 1.807) is 12.1 Å². The molecule has 0 aromatic heterocycles. The Morgan fingerprint density at radius 2 is 1.54 bits per heavy atom. The van der Waals surface area contributed by atoms with Crippen LogP contribution in [0, 0.1) is 0 Å². The van der Waals surface area contributed by atoms with Gasteiger partial charge < -0.3 is 9.80 Å². The Balaban J connectivity index is 2.00. The minimum absolute atomic E-state index is 0.183. The van der Waals surface area contributed by atoms with Gasteiger partial charge in [0, 0.05) is 37.7 Å². The number of likely N-dealkylation sites (N-methyl/N-ethyl adjacent to an activating group) is 2. The lowest BCUT2D eigenvalue weighted by Gasteiger charge is -2.35. The summed E-state index contributed by atoms with van der Waals surface area (Å²) >= 11 is 5.96. The molecule has 1 aromatic rings. The molecular weight excluding hydrogens is 326 g/mol. The molecule has 128 valence electrons. The number of imide groups is 1. The molecule has 6 heteroatoms. The summed E-state index contributed by atoms with van der Waals surface area (Å²) in [6.45, 7) is 8.68. The van der Waals surface area contributed by atoms with Crippen LogP contribution >= 0.6 is 11.6 Å². The van der Waals surface area contributed by atoms with E-state index in [2.05, 4.69) is 16.7 Å². The number of nitrogens with zero attached hydrogens (tertiary/aromatic N) is 3. The third-order valence-electron chi connectivity index (χ3n) is 4.73. The maximum Gasteiger partial charge on any atom is 0.277 e. The molecule has 0 saturated carbocycles. The summed E-state index contributed by atoms with van der Waals surface area (Å²) in [5, 5.41) is 0.613. The van der Waals surface area contributed by atoms with Gasteiger partial charge in [-0.05, 0) is 31.2 Å². The quantitative estimate of drug-likeness (QED) is 0.782. The highest BCUT2D eigenvalue weighted by Crippen LogP contribution is 2.32. The number of halogens is 1. The molecule has 0 unspecified atom stereocenters. The summed E-state index contributed by atoms with van der Waals surface area (Å²) in [7, 11) is 0. The Morgan fingerprint density at radius 1 is 0.917 bits per heavy atom. The number of hydrogen-bond donors (Lipinski definition) is 0. The highest BCUT2D eigenvalue weighted by atomic mass is 35.5. The second kappa shape index (κ2) is 6.95. The van der Waals surface area contributed by atoms with Gasteiger partial charge in [0.25, 0.3) is 11.8 Å². The van der Waals surface area contributed by atoms with Crippen LogP contribution in [0.4, 0.5) is 0 Å². The standard InChI is InChI=1S/C18H22ClN3O2/c1-3-20-9-11-21(12-10-20)16-15(13-5-7-14(19)8-6-13)17(23)22(4-2)18(16)24/h5-8H,3-4,9-12H2,1-2H3. The Labute approximate surface area is 147 Å². The molecule has 24 heavy (non-hydrogen) atoms. The number of amides is 2. The van der Waals surface area contributed by atoms with Crippen LogP contribution in [0.2, 0.25) is 5.02 Å². The van der Waals surface area contributed by atoms with Crippen molar-refractivity contribution < 1.29 is 9.59 Å². The molecular formula is C18H22ClN3O2. The van der Waals surface area contributed by atoms with Crippen molar-refractivity contribution in [2.45, 2.75) is 13.8 Å². The Hall–Kier alpha value is -1.85. The van der Waals surface area contributed by atoms with Gasteiger partial charge in [-0.3, -0.25) is 14.5 Å². The second-order valence-electron chi connectivity index (χ2n) is 6.01. The van der Waals surface area contributed by atoms with E-state index in [1.165, 1.54) is 4.90 Å². The fourth-order valence-electron chi connectivity index (χ4n) is 3.31. The lowest BCUT2D eigenvalue weighted by molar-refractivity contribution is -0.137. The summed E-state index contributed by atoms with van der Waals surface area (Å²) in [6, 6.07) is 7.13. The molecule has 2 aliphatic rings. The van der Waals surface area contributed by atoms with E-state index < -0.39 is 0 Å². The number of carbonyl (C=O) groups excluding carboxylic acids is 2. The Kier molecular flexibility index (Phi) is 4.92. The average molecular weight is 348 g/mol. The minimum atomic E-state index is -0.210. The van der Waals surface area contributed by atoms with Crippen molar-refractivity contribution in [3.63, 3.8) is 0 Å². The van der Waals surface area contributed by atoms with Crippen LogP contribution < -0.4 is 0 Å². The molecule has 0 atom stereocenters. The highest BCUT2D eigenvalue weighted by Gasteiger charge is 2.41. The van der Waals surface area contributed by atoms with E-state index in [0.29, 0.717) is 22.8 Å². The summed E-state index contributed by atoms with van der Waals surface area (Å²) < 4.78 is 0. The monoisotopic (exact) mass is 347 g/mol. The first-order valence-electron chi connectivity index (χ1n) is 8.40. The normalized spacial score (nSPS) is 19.6. The molecule has 1 aromatic carbocycles. The molecule has 5 nitrogen and oxygen atoms in total. The number of rotatable bonds is 4. The van der Waals surface area contributed by atoms with Gasteiger partial charge in [-0.2, -0.15) is 0 Å². The molecule has 0 radical (unpaired) electrons. The topological polar surface area (TPSA) is 43.9 Å². The van der Waals surface area contributed by atoms with Crippen molar-refractivity contribution in [3.05, 3.63) is 40.5 Å². The molecule has 0 bridgehead atoms. The van der Waals surface area contributed by atoms with Gasteiger partial charge in [0.2, 0.25) is 0 Å². The van der Waals surface area contributed by atoms with Crippen molar-refractivity contribution in [2.24, 2.45) is 0 Å². The van der Waals surface area contributed by atoms with Gasteiger partial charge in [-0.1, -0.05) is 30.7 Å². The first-order valence-corrected chi connectivity index (χ1v) is 8.78. The highest BCUT2D eigenvalue weighted by molar-refractivity contribution is 6.36. The zero-order chi connectivity index (χ0) is 17.3. The van der Waals surface area contributed by atoms with Gasteiger partial charge in [0.1, 0.15) is 5.70 Å². The Morgan fingerprint density at radius 3 is 2.08 bits per heavy atom. The van der Waals surface area contributed by atoms with Crippen molar-refractivity contribution in [1.82, 2.24) is 14.7 Å². The molecule has 2 aliphatic heterocycles. The number of hydrogen-bond acceptors (Lipinski definition) is 4. The van der Waals surface area contributed by atoms with Crippen molar-refractivity contribution in [3.8, 4) is 0 Å². The lowest BCUT2D eigenvalue weighted by Crippen LogP contribution is -2.47. The maximum atomic E-state index is 12.8. The van der Waals surface area contributed by atoms with Crippen molar-refractivity contribution in [1.29, 1.82) is 0 Å². The van der Waals surface area contributed by atoms with E-state index in [4.69, 9.17) is 11.6 Å². The van der Waals surface area contributed by atoms with Gasteiger partial charge in [0.05, 0.1) is 5.57 Å². The molecule has 0 spiro atoms. The fraction of sp³-hybridized carbons (Fsp3) is 0.444. The van der Waals surface area contributed by atoms with Crippen LogP contribution in [0.25, 0.3) is 5.57 Å². The summed E-state index contributed by atoms with van der Waals surface area (Å²) in [6.07, 6.45) is 0. The van der Waals surface area contributed by atoms with Crippen molar-refractivity contribution in [2.75, 3.05) is 39.3 Å². The fourth-order valence-corrected chi connectivity index (χ4v) is 3.43. The molecule has 1 fully saturated rings. The number of piperazine rings is 1. The first kappa shape index (κ1) is 17.0. The van der Waals surface area contributed by atoms with Crippen molar-refractivity contribution >= 4 is 29.0 Å². The second-order valence-corrected chi connectivity index (χ2v) is 6.44. The van der Waals surface area contributed by atoms with E-state index in [9.17, 15) is 9.59 Å². The summed E-state index contributed by atoms with van der Waals surface area (Å²) in [5.74, 6) is -0.393. The van der Waals surface area contributed by atoms with E-state index >= 15 is 0 Å². The summed E-state index contributed by atoms with van der Waals surface area (Å²) in [4.78, 5) is 31.3. The van der Waals surface area contributed by atoms with Crippen LogP contribution in [0.5, 0.6) is 0 Å². The smallest absolute Gasteiger partial charge is 0.277 e. The molecule has 3 rings (SSSR count). The van der Waals surface area contributed by atoms with Crippen LogP contribution in [0.1, 0.15) is 19.4 Å². The van der Waals surface area contributed by atoms with Crippen LogP contribution in [0.15, 0.2) is 30.0 Å². The molecule has 2 amide bonds. The van der Waals surface area contributed by atoms with Crippen LogP contribution in [-0.4, -0.2) is 65.8 Å². The zero-order valence-electron chi connectivity index (χ0n) is 14.1. The van der Waals surface area contributed by atoms with E-state index in [0.717, 1.165) is 38.3 Å². The van der Waals surface area contributed by atoms with Gasteiger partial charge in [-0.15, -0.1) is 0 Å². The maximum absolute atomic E-state index is 12.8. The van der Waals surface area contributed by atoms with Gasteiger partial charge >= 0.3 is 0 Å². The largest absolute Gasteiger partial charge is 0.364 e. The Bertz CT molecular complexity index is 676. The zero-order valence-corrected chi connectivity index (χ0v) is 14.8. The third kappa shape index (κ3) is 2.94. The predicted octanol–water partition coefficient (Wildman–Crippen LogP) is 2.08. The van der Waals surface area contributed by atoms with E-state index in [-0.39, 0.29) is 11.8 Å². The van der Waals surface area contributed by atoms with Crippen LogP contribution in [0.3, 0.4) is 0 Å². The van der Waals surface area contributed by atoms with Crippen LogP contribution in [-0.2, 0) is 9.59 Å². The molecule has 2 heterocycles. The predicted molar refractivity (Wildman–Crippen MR) is 94.5 cm³/mol. The number of benzene rings is 1. The van der Waals surface area contributed by atoms with E-state index in [1.807, 2.05) is 19.1 Å². The number of carbonyl (C=O) groups is 2. The minimum Gasteiger partial charge on any atom is -0.364 e. The summed E-state index contributed by atoms with van der Waals surface area (Å²) in [5.41, 5.74) is 1.80. The van der Waals surface area contributed by atoms with Gasteiger partial charge in [-0.25, -0.2) is 0 Å².